The van der Waals surface area contributed by atoms with E-state index in [2.05, 4.69) is 4.74 Å². The van der Waals surface area contributed by atoms with Crippen LogP contribution in [0.5, 0.6) is 0 Å². The number of rotatable bonds is 2. The third-order valence-electron chi connectivity index (χ3n) is 2.74. The molecule has 0 aromatic carbocycles. The van der Waals surface area contributed by atoms with E-state index in [1.807, 2.05) is 0 Å². The van der Waals surface area contributed by atoms with Gasteiger partial charge in [0.2, 0.25) is 0 Å². The third kappa shape index (κ3) is 3.84. The van der Waals surface area contributed by atoms with Crippen LogP contribution in [0.1, 0.15) is 27.2 Å². The van der Waals surface area contributed by atoms with Gasteiger partial charge in [-0.2, -0.15) is 0 Å². The molecule has 0 radical (unpaired) electrons. The summed E-state index contributed by atoms with van der Waals surface area (Å²) in [5.74, 6) is -2.84. The van der Waals surface area contributed by atoms with Crippen LogP contribution in [0, 0.1) is 5.92 Å². The Kier molecular flexibility index (Phi) is 4.39. The van der Waals surface area contributed by atoms with Crippen molar-refractivity contribution in [3.8, 4) is 0 Å². The maximum atomic E-state index is 11.9. The number of hydrogen-bond donors (Lipinski definition) is 0. The lowest BCUT2D eigenvalue weighted by Gasteiger charge is -2.27. The van der Waals surface area contributed by atoms with Gasteiger partial charge in [-0.05, 0) is 27.2 Å². The number of carboxylic acid groups (broad SMARTS) is 1. The van der Waals surface area contributed by atoms with Crippen LogP contribution < -0.4 is 5.11 Å². The van der Waals surface area contributed by atoms with E-state index in [-0.39, 0.29) is 13.0 Å². The van der Waals surface area contributed by atoms with E-state index in [1.165, 1.54) is 7.11 Å². The number of nitrogens with zero attached hydrogens (tertiary/aromatic N) is 1. The summed E-state index contributed by atoms with van der Waals surface area (Å²) in [4.78, 5) is 35.5. The van der Waals surface area contributed by atoms with Gasteiger partial charge in [-0.15, -0.1) is 0 Å². The SMILES string of the molecule is COC(=O)[C@@H]1C[C@H](C(=O)[O-])CN1C(=O)OC(C)(C)C. The molecule has 2 atom stereocenters. The van der Waals surface area contributed by atoms with E-state index in [4.69, 9.17) is 4.74 Å². The van der Waals surface area contributed by atoms with Gasteiger partial charge in [0, 0.05) is 18.4 Å². The van der Waals surface area contributed by atoms with Crippen molar-refractivity contribution in [2.75, 3.05) is 13.7 Å². The number of carboxylic acids is 1. The summed E-state index contributed by atoms with van der Waals surface area (Å²) in [5.41, 5.74) is -0.725. The summed E-state index contributed by atoms with van der Waals surface area (Å²) < 4.78 is 9.71. The number of methoxy groups -OCH3 is 1. The van der Waals surface area contributed by atoms with Crippen molar-refractivity contribution in [3.63, 3.8) is 0 Å². The second-order valence-corrected chi connectivity index (χ2v) is 5.42. The molecule has 1 saturated heterocycles. The van der Waals surface area contributed by atoms with Gasteiger partial charge in [-0.25, -0.2) is 9.59 Å². The van der Waals surface area contributed by atoms with Crippen LogP contribution in [0.2, 0.25) is 0 Å². The second kappa shape index (κ2) is 5.46. The molecule has 1 amide bonds. The van der Waals surface area contributed by atoms with Crippen molar-refractivity contribution in [3.05, 3.63) is 0 Å². The molecule has 0 unspecified atom stereocenters. The Morgan fingerprint density at radius 1 is 1.26 bits per heavy atom. The normalized spacial score (nSPS) is 23.1. The molecule has 1 heterocycles. The van der Waals surface area contributed by atoms with Crippen molar-refractivity contribution < 1.29 is 29.0 Å². The summed E-state index contributed by atoms with van der Waals surface area (Å²) in [6, 6.07) is -0.942. The molecule has 0 aromatic heterocycles. The molecule has 7 nitrogen and oxygen atoms in total. The van der Waals surface area contributed by atoms with Gasteiger partial charge in [-0.1, -0.05) is 0 Å². The molecular weight excluding hydrogens is 254 g/mol. The summed E-state index contributed by atoms with van der Waals surface area (Å²) in [6.45, 7) is 4.94. The van der Waals surface area contributed by atoms with E-state index in [0.29, 0.717) is 0 Å². The Morgan fingerprint density at radius 2 is 1.84 bits per heavy atom. The summed E-state index contributed by atoms with van der Waals surface area (Å²) in [7, 11) is 1.18. The number of likely N-dealkylation sites (tertiary alicyclic amines) is 1. The van der Waals surface area contributed by atoms with Gasteiger partial charge in [-0.3, -0.25) is 4.90 Å². The van der Waals surface area contributed by atoms with Gasteiger partial charge in [0.25, 0.3) is 0 Å². The standard InChI is InChI=1S/C12H19NO6/c1-12(2,3)19-11(17)13-6-7(9(14)15)5-8(13)10(16)18-4/h7-8H,5-6H2,1-4H3,(H,14,15)/p-1/t7-,8-/m0/s1. The zero-order valence-electron chi connectivity index (χ0n) is 11.5. The first-order chi connectivity index (χ1) is 8.65. The molecule has 19 heavy (non-hydrogen) atoms. The van der Waals surface area contributed by atoms with E-state index in [9.17, 15) is 19.5 Å². The average molecular weight is 272 g/mol. The smallest absolute Gasteiger partial charge is 0.411 e. The molecule has 0 aliphatic carbocycles. The van der Waals surface area contributed by atoms with Crippen molar-refractivity contribution in [2.24, 2.45) is 5.92 Å². The molecule has 0 bridgehead atoms. The summed E-state index contributed by atoms with van der Waals surface area (Å²) in [5, 5.41) is 10.9. The van der Waals surface area contributed by atoms with E-state index >= 15 is 0 Å². The first-order valence-electron chi connectivity index (χ1n) is 5.94. The van der Waals surface area contributed by atoms with Gasteiger partial charge in [0.15, 0.2) is 0 Å². The Hall–Kier alpha value is -1.79. The van der Waals surface area contributed by atoms with Gasteiger partial charge < -0.3 is 19.4 Å². The molecule has 0 aromatic rings. The molecule has 1 fully saturated rings. The molecule has 1 aliphatic heterocycles. The van der Waals surface area contributed by atoms with Gasteiger partial charge in [0.1, 0.15) is 11.6 Å². The molecule has 7 heteroatoms. The minimum Gasteiger partial charge on any atom is -0.550 e. The fourth-order valence-electron chi connectivity index (χ4n) is 1.89. The lowest BCUT2D eigenvalue weighted by atomic mass is 10.1. The molecular formula is C12H18NO6-. The number of ether oxygens (including phenoxy) is 2. The molecule has 1 aliphatic rings. The van der Waals surface area contributed by atoms with Crippen LogP contribution in [-0.2, 0) is 19.1 Å². The van der Waals surface area contributed by atoms with Crippen LogP contribution in [-0.4, -0.2) is 48.2 Å². The molecule has 0 spiro atoms. The lowest BCUT2D eigenvalue weighted by molar-refractivity contribution is -0.311. The minimum atomic E-state index is -1.29. The lowest BCUT2D eigenvalue weighted by Crippen LogP contribution is -2.44. The fourth-order valence-corrected chi connectivity index (χ4v) is 1.89. The number of aliphatic carboxylic acids is 1. The summed E-state index contributed by atoms with van der Waals surface area (Å²) in [6.07, 6.45) is -0.750. The Balaban J connectivity index is 2.85. The first kappa shape index (κ1) is 15.3. The predicted molar refractivity (Wildman–Crippen MR) is 61.9 cm³/mol. The van der Waals surface area contributed by atoms with E-state index < -0.39 is 35.6 Å². The number of carbonyl (C=O) groups is 3. The number of amides is 1. The van der Waals surface area contributed by atoms with E-state index in [1.54, 1.807) is 20.8 Å². The minimum absolute atomic E-state index is 0.0196. The monoisotopic (exact) mass is 272 g/mol. The van der Waals surface area contributed by atoms with Crippen molar-refractivity contribution in [1.29, 1.82) is 0 Å². The average Bonchev–Trinajstić information content (AvgIpc) is 2.70. The number of carbonyl (C=O) groups excluding carboxylic acids is 3. The largest absolute Gasteiger partial charge is 0.550 e. The summed E-state index contributed by atoms with van der Waals surface area (Å²) >= 11 is 0. The topological polar surface area (TPSA) is 96.0 Å². The Morgan fingerprint density at radius 3 is 2.26 bits per heavy atom. The number of hydrogen-bond acceptors (Lipinski definition) is 6. The van der Waals surface area contributed by atoms with Crippen LogP contribution in [0.4, 0.5) is 4.79 Å². The Bertz CT molecular complexity index is 386. The van der Waals surface area contributed by atoms with Crippen LogP contribution >= 0.6 is 0 Å². The molecule has 108 valence electrons. The first-order valence-corrected chi connectivity index (χ1v) is 5.94. The van der Waals surface area contributed by atoms with E-state index in [0.717, 1.165) is 4.90 Å². The Labute approximate surface area is 111 Å². The maximum absolute atomic E-state index is 11.9. The third-order valence-corrected chi connectivity index (χ3v) is 2.74. The van der Waals surface area contributed by atoms with Crippen molar-refractivity contribution >= 4 is 18.0 Å². The maximum Gasteiger partial charge on any atom is 0.411 e. The highest BCUT2D eigenvalue weighted by atomic mass is 16.6. The predicted octanol–water partition coefficient (Wildman–Crippen LogP) is -0.465. The van der Waals surface area contributed by atoms with Crippen LogP contribution in [0.25, 0.3) is 0 Å². The highest BCUT2D eigenvalue weighted by Gasteiger charge is 2.42. The number of esters is 1. The second-order valence-electron chi connectivity index (χ2n) is 5.42. The zero-order valence-corrected chi connectivity index (χ0v) is 11.5. The highest BCUT2D eigenvalue weighted by Crippen LogP contribution is 2.26. The molecule has 0 saturated carbocycles. The van der Waals surface area contributed by atoms with Crippen LogP contribution in [0.3, 0.4) is 0 Å². The molecule has 1 rings (SSSR count). The highest BCUT2D eigenvalue weighted by molar-refractivity contribution is 5.84. The van der Waals surface area contributed by atoms with Gasteiger partial charge >= 0.3 is 12.1 Å². The van der Waals surface area contributed by atoms with Gasteiger partial charge in [0.05, 0.1) is 7.11 Å². The fraction of sp³-hybridized carbons (Fsp3) is 0.750. The zero-order chi connectivity index (χ0) is 14.8. The van der Waals surface area contributed by atoms with Crippen molar-refractivity contribution in [2.45, 2.75) is 38.8 Å². The van der Waals surface area contributed by atoms with Crippen molar-refractivity contribution in [1.82, 2.24) is 4.90 Å². The molecule has 0 N–H and O–H groups in total. The van der Waals surface area contributed by atoms with Crippen LogP contribution in [0.15, 0.2) is 0 Å². The quantitative estimate of drug-likeness (QED) is 0.631.